The van der Waals surface area contributed by atoms with Crippen molar-refractivity contribution in [2.24, 2.45) is 0 Å². The topological polar surface area (TPSA) is 38.5 Å². The molecule has 128 valence electrons. The summed E-state index contributed by atoms with van der Waals surface area (Å²) in [6.45, 7) is 3.97. The molecule has 0 saturated carbocycles. The van der Waals surface area contributed by atoms with Gasteiger partial charge in [-0.3, -0.25) is 4.90 Å². The maximum Gasteiger partial charge on any atom is 0.199 e. The molecule has 2 aromatic carbocycles. The van der Waals surface area contributed by atoms with Crippen molar-refractivity contribution in [1.82, 2.24) is 9.88 Å². The van der Waals surface area contributed by atoms with Gasteiger partial charge in [0.1, 0.15) is 11.3 Å². The van der Waals surface area contributed by atoms with Gasteiger partial charge in [-0.15, -0.1) is 0 Å². The third kappa shape index (κ3) is 2.91. The predicted octanol–water partition coefficient (Wildman–Crippen LogP) is 4.14. The largest absolute Gasteiger partial charge is 0.493 e. The van der Waals surface area contributed by atoms with Gasteiger partial charge in [-0.1, -0.05) is 24.3 Å². The molecule has 4 heteroatoms. The number of hydrogen-bond acceptors (Lipinski definition) is 4. The van der Waals surface area contributed by atoms with Crippen LogP contribution in [0.15, 0.2) is 46.9 Å². The molecule has 0 spiro atoms. The van der Waals surface area contributed by atoms with Gasteiger partial charge in [-0.25, -0.2) is 4.98 Å². The molecule has 1 atom stereocenters. The molecule has 0 aliphatic carbocycles. The van der Waals surface area contributed by atoms with Crippen molar-refractivity contribution in [3.8, 4) is 5.75 Å². The number of ether oxygens (including phenoxy) is 1. The Morgan fingerprint density at radius 3 is 3.08 bits per heavy atom. The van der Waals surface area contributed by atoms with Gasteiger partial charge in [0.15, 0.2) is 11.5 Å². The first kappa shape index (κ1) is 15.0. The highest BCUT2D eigenvalue weighted by Gasteiger charge is 2.25. The van der Waals surface area contributed by atoms with Gasteiger partial charge in [0.2, 0.25) is 0 Å². The quantitative estimate of drug-likeness (QED) is 0.721. The van der Waals surface area contributed by atoms with Crippen LogP contribution >= 0.6 is 0 Å². The fourth-order valence-electron chi connectivity index (χ4n) is 4.06. The Morgan fingerprint density at radius 1 is 1.16 bits per heavy atom. The fourth-order valence-corrected chi connectivity index (χ4v) is 4.06. The Hall–Kier alpha value is -2.33. The number of nitrogens with zero attached hydrogens (tertiary/aromatic N) is 2. The number of likely N-dealkylation sites (tertiary alicyclic amines) is 1. The van der Waals surface area contributed by atoms with Crippen LogP contribution in [0.5, 0.6) is 5.75 Å². The predicted molar refractivity (Wildman–Crippen MR) is 96.9 cm³/mol. The van der Waals surface area contributed by atoms with Crippen molar-refractivity contribution in [2.45, 2.75) is 31.7 Å². The number of hydrogen-bond donors (Lipinski definition) is 0. The van der Waals surface area contributed by atoms with Crippen molar-refractivity contribution < 1.29 is 9.15 Å². The lowest BCUT2D eigenvalue weighted by Gasteiger charge is -2.31. The zero-order valence-corrected chi connectivity index (χ0v) is 14.3. The van der Waals surface area contributed by atoms with Crippen LogP contribution in [0.3, 0.4) is 0 Å². The molecule has 0 radical (unpaired) electrons. The summed E-state index contributed by atoms with van der Waals surface area (Å²) in [5.41, 5.74) is 4.59. The monoisotopic (exact) mass is 334 g/mol. The van der Waals surface area contributed by atoms with Crippen molar-refractivity contribution >= 4 is 11.1 Å². The van der Waals surface area contributed by atoms with E-state index in [0.29, 0.717) is 5.92 Å². The lowest BCUT2D eigenvalue weighted by atomic mass is 9.97. The van der Waals surface area contributed by atoms with Crippen molar-refractivity contribution in [3.05, 3.63) is 59.5 Å². The molecule has 3 heterocycles. The van der Waals surface area contributed by atoms with E-state index in [0.717, 1.165) is 61.8 Å². The summed E-state index contributed by atoms with van der Waals surface area (Å²) >= 11 is 0. The standard InChI is InChI=1S/C21H22N2O2/c1-2-6-20-18(5-1)22-21(25-20)17-4-3-10-23(14-17)13-15-7-8-19-16(12-15)9-11-24-19/h1-2,5-8,12,17H,3-4,9-11,13-14H2. The van der Waals surface area contributed by atoms with Crippen LogP contribution in [0.1, 0.15) is 35.8 Å². The second-order valence-corrected chi connectivity index (χ2v) is 7.13. The maximum atomic E-state index is 6.01. The zero-order valence-electron chi connectivity index (χ0n) is 14.3. The second kappa shape index (κ2) is 6.19. The molecular formula is C21H22N2O2. The minimum Gasteiger partial charge on any atom is -0.493 e. The van der Waals surface area contributed by atoms with Crippen LogP contribution in [0.4, 0.5) is 0 Å². The molecule has 0 amide bonds. The van der Waals surface area contributed by atoms with Crippen LogP contribution in [-0.4, -0.2) is 29.6 Å². The van der Waals surface area contributed by atoms with Gasteiger partial charge in [0.25, 0.3) is 0 Å². The fraction of sp³-hybridized carbons (Fsp3) is 0.381. The van der Waals surface area contributed by atoms with Crippen molar-refractivity contribution in [3.63, 3.8) is 0 Å². The van der Waals surface area contributed by atoms with Gasteiger partial charge in [-0.05, 0) is 48.7 Å². The van der Waals surface area contributed by atoms with Gasteiger partial charge in [0, 0.05) is 25.4 Å². The zero-order chi connectivity index (χ0) is 16.6. The Bertz CT molecular complexity index is 869. The summed E-state index contributed by atoms with van der Waals surface area (Å²) < 4.78 is 11.6. The molecule has 5 rings (SSSR count). The molecule has 1 fully saturated rings. The van der Waals surface area contributed by atoms with E-state index in [1.54, 1.807) is 0 Å². The highest BCUT2D eigenvalue weighted by atomic mass is 16.5. The molecule has 1 aromatic heterocycles. The Morgan fingerprint density at radius 2 is 2.12 bits per heavy atom. The first-order valence-electron chi connectivity index (χ1n) is 9.17. The van der Waals surface area contributed by atoms with Gasteiger partial charge >= 0.3 is 0 Å². The molecule has 3 aromatic rings. The molecule has 2 aliphatic rings. The Balaban J connectivity index is 1.32. The van der Waals surface area contributed by atoms with Crippen LogP contribution in [0.25, 0.3) is 11.1 Å². The molecule has 0 bridgehead atoms. The first-order valence-corrected chi connectivity index (χ1v) is 9.17. The van der Waals surface area contributed by atoms with Crippen LogP contribution in [0, 0.1) is 0 Å². The summed E-state index contributed by atoms with van der Waals surface area (Å²) in [6, 6.07) is 14.7. The molecule has 0 N–H and O–H groups in total. The third-order valence-corrected chi connectivity index (χ3v) is 5.33. The molecule has 25 heavy (non-hydrogen) atoms. The van der Waals surface area contributed by atoms with E-state index in [1.165, 1.54) is 17.5 Å². The summed E-state index contributed by atoms with van der Waals surface area (Å²) in [4.78, 5) is 7.24. The van der Waals surface area contributed by atoms with Crippen LogP contribution in [-0.2, 0) is 13.0 Å². The first-order chi connectivity index (χ1) is 12.3. The summed E-state index contributed by atoms with van der Waals surface area (Å²) in [7, 11) is 0. The number of rotatable bonds is 3. The normalized spacial score (nSPS) is 20.6. The molecule has 1 unspecified atom stereocenters. The minimum absolute atomic E-state index is 0.388. The number of benzene rings is 2. The van der Waals surface area contributed by atoms with E-state index in [1.807, 2.05) is 24.3 Å². The van der Waals surface area contributed by atoms with E-state index in [2.05, 4.69) is 23.1 Å². The summed E-state index contributed by atoms with van der Waals surface area (Å²) in [6.07, 6.45) is 3.38. The summed E-state index contributed by atoms with van der Waals surface area (Å²) in [5.74, 6) is 2.35. The highest BCUT2D eigenvalue weighted by molar-refractivity contribution is 5.72. The smallest absolute Gasteiger partial charge is 0.199 e. The number of oxazole rings is 1. The number of aromatic nitrogens is 1. The summed E-state index contributed by atoms with van der Waals surface area (Å²) in [5, 5.41) is 0. The van der Waals surface area contributed by atoms with E-state index in [4.69, 9.17) is 14.1 Å². The van der Waals surface area contributed by atoms with E-state index in [-0.39, 0.29) is 0 Å². The van der Waals surface area contributed by atoms with Crippen molar-refractivity contribution in [1.29, 1.82) is 0 Å². The van der Waals surface area contributed by atoms with Crippen molar-refractivity contribution in [2.75, 3.05) is 19.7 Å². The van der Waals surface area contributed by atoms with Gasteiger partial charge in [-0.2, -0.15) is 0 Å². The molecule has 4 nitrogen and oxygen atoms in total. The van der Waals surface area contributed by atoms with Crippen LogP contribution < -0.4 is 4.74 Å². The number of para-hydroxylation sites is 2. The lowest BCUT2D eigenvalue weighted by molar-refractivity contribution is 0.187. The second-order valence-electron chi connectivity index (χ2n) is 7.13. The van der Waals surface area contributed by atoms with E-state index < -0.39 is 0 Å². The molecule has 2 aliphatic heterocycles. The van der Waals surface area contributed by atoms with Crippen LogP contribution in [0.2, 0.25) is 0 Å². The van der Waals surface area contributed by atoms with Gasteiger partial charge in [0.05, 0.1) is 6.61 Å². The number of piperidine rings is 1. The highest BCUT2D eigenvalue weighted by Crippen LogP contribution is 2.31. The van der Waals surface area contributed by atoms with E-state index >= 15 is 0 Å². The third-order valence-electron chi connectivity index (χ3n) is 5.33. The van der Waals surface area contributed by atoms with Gasteiger partial charge < -0.3 is 9.15 Å². The van der Waals surface area contributed by atoms with E-state index in [9.17, 15) is 0 Å². The average Bonchev–Trinajstić information content (AvgIpc) is 3.28. The molecular weight excluding hydrogens is 312 g/mol. The lowest BCUT2D eigenvalue weighted by Crippen LogP contribution is -2.34. The Kier molecular flexibility index (Phi) is 3.71. The maximum absolute atomic E-state index is 6.01. The minimum atomic E-state index is 0.388. The Labute approximate surface area is 147 Å². The average molecular weight is 334 g/mol. The molecule has 1 saturated heterocycles. The SMILES string of the molecule is c1ccc2oc(C3CCCN(Cc4ccc5c(c4)CCO5)C3)nc2c1. The number of fused-ring (bicyclic) bond motifs is 2.